The minimum atomic E-state index is -1.82. The topological polar surface area (TPSA) is 108 Å². The Balaban J connectivity index is 0.000000366. The van der Waals surface area contributed by atoms with Crippen LogP contribution in [0.25, 0.3) is 0 Å². The van der Waals surface area contributed by atoms with Crippen molar-refractivity contribution in [3.8, 4) is 0 Å². The highest BCUT2D eigenvalue weighted by atomic mass is 16.5. The first-order valence-electron chi connectivity index (χ1n) is 5.45. The standard InChI is InChI=1S/C8H18N2O.C2H2O4/c1-7(6-9-2)10-8-4-3-5-11-8;3-1(4)2(5)6/h7-10H,3-6H2,1-2H3;(H,3,4)(H,5,6). The Morgan fingerprint density at radius 3 is 2.35 bits per heavy atom. The van der Waals surface area contributed by atoms with Crippen molar-refractivity contribution in [2.24, 2.45) is 0 Å². The van der Waals surface area contributed by atoms with Crippen LogP contribution in [0.2, 0.25) is 0 Å². The monoisotopic (exact) mass is 248 g/mol. The minimum Gasteiger partial charge on any atom is -0.473 e. The lowest BCUT2D eigenvalue weighted by Crippen LogP contribution is -2.41. The molecule has 0 spiro atoms. The molecule has 1 fully saturated rings. The fourth-order valence-corrected chi connectivity index (χ4v) is 1.39. The number of carbonyl (C=O) groups is 2. The first kappa shape index (κ1) is 15.8. The third-order valence-electron chi connectivity index (χ3n) is 2.09. The Hall–Kier alpha value is -1.18. The Kier molecular flexibility index (Phi) is 8.29. The summed E-state index contributed by atoms with van der Waals surface area (Å²) in [4.78, 5) is 18.2. The number of hydrogen-bond acceptors (Lipinski definition) is 5. The lowest BCUT2D eigenvalue weighted by molar-refractivity contribution is -0.159. The number of aliphatic carboxylic acids is 2. The van der Waals surface area contributed by atoms with Gasteiger partial charge in [0, 0.05) is 19.2 Å². The predicted octanol–water partition coefficient (Wildman–Crippen LogP) is -0.524. The molecule has 0 aromatic heterocycles. The van der Waals surface area contributed by atoms with Crippen molar-refractivity contribution in [1.29, 1.82) is 0 Å². The zero-order valence-corrected chi connectivity index (χ0v) is 10.1. The summed E-state index contributed by atoms with van der Waals surface area (Å²) in [6.45, 7) is 4.09. The quantitative estimate of drug-likeness (QED) is 0.495. The van der Waals surface area contributed by atoms with E-state index in [0.717, 1.165) is 19.6 Å². The molecule has 4 N–H and O–H groups in total. The Labute approximate surface area is 100 Å². The van der Waals surface area contributed by atoms with Crippen LogP contribution in [0.4, 0.5) is 0 Å². The van der Waals surface area contributed by atoms with Crippen LogP contribution in [0.15, 0.2) is 0 Å². The van der Waals surface area contributed by atoms with Crippen LogP contribution in [0, 0.1) is 0 Å². The maximum Gasteiger partial charge on any atom is 0.414 e. The number of hydrogen-bond donors (Lipinski definition) is 4. The molecule has 7 heteroatoms. The average molecular weight is 248 g/mol. The second-order valence-corrected chi connectivity index (χ2v) is 3.74. The van der Waals surface area contributed by atoms with Gasteiger partial charge in [-0.15, -0.1) is 0 Å². The summed E-state index contributed by atoms with van der Waals surface area (Å²) in [7, 11) is 1.97. The summed E-state index contributed by atoms with van der Waals surface area (Å²) in [5, 5.41) is 21.3. The molecule has 1 saturated heterocycles. The van der Waals surface area contributed by atoms with Crippen LogP contribution in [0.3, 0.4) is 0 Å². The summed E-state index contributed by atoms with van der Waals surface area (Å²) >= 11 is 0. The van der Waals surface area contributed by atoms with Gasteiger partial charge in [0.2, 0.25) is 0 Å². The second-order valence-electron chi connectivity index (χ2n) is 3.74. The van der Waals surface area contributed by atoms with Crippen molar-refractivity contribution >= 4 is 11.9 Å². The van der Waals surface area contributed by atoms with Gasteiger partial charge in [-0.25, -0.2) is 9.59 Å². The van der Waals surface area contributed by atoms with Gasteiger partial charge in [-0.2, -0.15) is 0 Å². The fraction of sp³-hybridized carbons (Fsp3) is 0.800. The summed E-state index contributed by atoms with van der Waals surface area (Å²) in [5.74, 6) is -3.65. The van der Waals surface area contributed by atoms with E-state index in [9.17, 15) is 0 Å². The molecule has 7 nitrogen and oxygen atoms in total. The molecule has 17 heavy (non-hydrogen) atoms. The van der Waals surface area contributed by atoms with Crippen LogP contribution >= 0.6 is 0 Å². The van der Waals surface area contributed by atoms with Gasteiger partial charge in [0.15, 0.2) is 0 Å². The molecule has 100 valence electrons. The number of nitrogens with one attached hydrogen (secondary N) is 2. The normalized spacial score (nSPS) is 20.2. The van der Waals surface area contributed by atoms with E-state index < -0.39 is 11.9 Å². The highest BCUT2D eigenvalue weighted by Gasteiger charge is 2.16. The molecule has 0 aromatic rings. The maximum absolute atomic E-state index is 9.10. The molecule has 1 heterocycles. The van der Waals surface area contributed by atoms with Gasteiger partial charge in [0.05, 0.1) is 0 Å². The van der Waals surface area contributed by atoms with Gasteiger partial charge in [-0.1, -0.05) is 0 Å². The molecule has 0 bridgehead atoms. The van der Waals surface area contributed by atoms with E-state index >= 15 is 0 Å². The maximum atomic E-state index is 9.10. The van der Waals surface area contributed by atoms with Gasteiger partial charge in [0.1, 0.15) is 6.23 Å². The summed E-state index contributed by atoms with van der Waals surface area (Å²) in [6.07, 6.45) is 2.66. The Morgan fingerprint density at radius 1 is 1.41 bits per heavy atom. The smallest absolute Gasteiger partial charge is 0.414 e. The Bertz CT molecular complexity index is 229. The van der Waals surface area contributed by atoms with E-state index in [2.05, 4.69) is 17.6 Å². The van der Waals surface area contributed by atoms with E-state index in [1.165, 1.54) is 6.42 Å². The van der Waals surface area contributed by atoms with Crippen molar-refractivity contribution in [2.75, 3.05) is 20.2 Å². The highest BCUT2D eigenvalue weighted by molar-refractivity contribution is 6.27. The van der Waals surface area contributed by atoms with Crippen molar-refractivity contribution in [3.63, 3.8) is 0 Å². The SMILES string of the molecule is CNCC(C)NC1CCCO1.O=C(O)C(=O)O. The zero-order chi connectivity index (χ0) is 13.3. The van der Waals surface area contributed by atoms with Gasteiger partial charge in [-0.3, -0.25) is 5.32 Å². The van der Waals surface area contributed by atoms with E-state index in [-0.39, 0.29) is 0 Å². The minimum absolute atomic E-state index is 0.304. The van der Waals surface area contributed by atoms with Gasteiger partial charge < -0.3 is 20.3 Å². The summed E-state index contributed by atoms with van der Waals surface area (Å²) < 4.78 is 5.43. The van der Waals surface area contributed by atoms with E-state index in [4.69, 9.17) is 24.5 Å². The molecular formula is C10H20N2O5. The highest BCUT2D eigenvalue weighted by Crippen LogP contribution is 2.09. The molecule has 1 rings (SSSR count). The molecule has 0 aromatic carbocycles. The first-order valence-corrected chi connectivity index (χ1v) is 5.45. The molecule has 0 aliphatic carbocycles. The number of likely N-dealkylation sites (N-methyl/N-ethyl adjacent to an activating group) is 1. The Morgan fingerprint density at radius 2 is 2.00 bits per heavy atom. The van der Waals surface area contributed by atoms with Crippen LogP contribution in [0.1, 0.15) is 19.8 Å². The van der Waals surface area contributed by atoms with Crippen LogP contribution < -0.4 is 10.6 Å². The molecule has 0 amide bonds. The molecule has 2 unspecified atom stereocenters. The van der Waals surface area contributed by atoms with Gasteiger partial charge >= 0.3 is 11.9 Å². The second kappa shape index (κ2) is 8.91. The number of rotatable bonds is 4. The van der Waals surface area contributed by atoms with Crippen LogP contribution in [-0.2, 0) is 14.3 Å². The molecular weight excluding hydrogens is 228 g/mol. The number of ether oxygens (including phenoxy) is 1. The number of carboxylic acids is 2. The molecule has 0 saturated carbocycles. The van der Waals surface area contributed by atoms with Gasteiger partial charge in [0.25, 0.3) is 0 Å². The van der Waals surface area contributed by atoms with Crippen LogP contribution in [-0.4, -0.2) is 54.6 Å². The number of carboxylic acid groups (broad SMARTS) is 2. The molecule has 0 radical (unpaired) electrons. The van der Waals surface area contributed by atoms with Crippen LogP contribution in [0.5, 0.6) is 0 Å². The lowest BCUT2D eigenvalue weighted by Gasteiger charge is -2.18. The fourth-order valence-electron chi connectivity index (χ4n) is 1.39. The molecule has 2 atom stereocenters. The third kappa shape index (κ3) is 8.61. The van der Waals surface area contributed by atoms with Crippen molar-refractivity contribution in [2.45, 2.75) is 32.0 Å². The van der Waals surface area contributed by atoms with Crippen molar-refractivity contribution in [1.82, 2.24) is 10.6 Å². The lowest BCUT2D eigenvalue weighted by atomic mass is 10.3. The van der Waals surface area contributed by atoms with Crippen molar-refractivity contribution in [3.05, 3.63) is 0 Å². The predicted molar refractivity (Wildman–Crippen MR) is 60.8 cm³/mol. The summed E-state index contributed by atoms with van der Waals surface area (Å²) in [5.41, 5.74) is 0. The molecule has 1 aliphatic heterocycles. The summed E-state index contributed by atoms with van der Waals surface area (Å²) in [6, 6.07) is 0.503. The van der Waals surface area contributed by atoms with Crippen molar-refractivity contribution < 1.29 is 24.5 Å². The largest absolute Gasteiger partial charge is 0.473 e. The third-order valence-corrected chi connectivity index (χ3v) is 2.09. The first-order chi connectivity index (χ1) is 7.97. The van der Waals surface area contributed by atoms with E-state index in [1.807, 2.05) is 7.05 Å². The average Bonchev–Trinajstić information content (AvgIpc) is 2.71. The van der Waals surface area contributed by atoms with E-state index in [0.29, 0.717) is 12.3 Å². The zero-order valence-electron chi connectivity index (χ0n) is 10.1. The van der Waals surface area contributed by atoms with E-state index in [1.54, 1.807) is 0 Å². The molecule has 1 aliphatic rings. The van der Waals surface area contributed by atoms with Gasteiger partial charge in [-0.05, 0) is 26.8 Å².